The van der Waals surface area contributed by atoms with Gasteiger partial charge in [0.15, 0.2) is 10.1 Å². The lowest BCUT2D eigenvalue weighted by Gasteiger charge is -2.20. The number of fused-ring (bicyclic) bond motifs is 1. The van der Waals surface area contributed by atoms with Crippen molar-refractivity contribution in [1.29, 1.82) is 0 Å². The zero-order valence-corrected chi connectivity index (χ0v) is 14.1. The van der Waals surface area contributed by atoms with E-state index in [0.29, 0.717) is 0 Å². The van der Waals surface area contributed by atoms with Gasteiger partial charge in [-0.2, -0.15) is 0 Å². The first kappa shape index (κ1) is 14.6. The molecule has 8 heteroatoms. The Kier molecular flexibility index (Phi) is 3.76. The lowest BCUT2D eigenvalue weighted by Crippen LogP contribution is -2.35. The van der Waals surface area contributed by atoms with Crippen molar-refractivity contribution in [1.82, 2.24) is 29.5 Å². The number of rotatable bonds is 4. The van der Waals surface area contributed by atoms with Gasteiger partial charge in [0.2, 0.25) is 0 Å². The Morgan fingerprint density at radius 2 is 2.19 bits per heavy atom. The molecule has 0 amide bonds. The number of hydrogen-bond donors (Lipinski definition) is 1. The van der Waals surface area contributed by atoms with E-state index < -0.39 is 0 Å². The van der Waals surface area contributed by atoms with E-state index in [1.54, 1.807) is 29.4 Å². The molecule has 1 N–H and O–H groups in total. The average Bonchev–Trinajstić information content (AvgIpc) is 3.04. The smallest absolute Gasteiger partial charge is 0.197 e. The zero-order chi connectivity index (χ0) is 15.0. The first-order valence-corrected chi connectivity index (χ1v) is 8.35. The fourth-order valence-electron chi connectivity index (χ4n) is 1.86. The van der Waals surface area contributed by atoms with E-state index in [0.717, 1.165) is 27.4 Å². The van der Waals surface area contributed by atoms with E-state index in [4.69, 9.17) is 4.98 Å². The second-order valence-corrected chi connectivity index (χ2v) is 7.68. The number of hydrogen-bond acceptors (Lipinski definition) is 6. The van der Waals surface area contributed by atoms with Crippen molar-refractivity contribution >= 4 is 28.1 Å². The van der Waals surface area contributed by atoms with Crippen LogP contribution in [-0.2, 0) is 13.6 Å². The second kappa shape index (κ2) is 5.43. The zero-order valence-electron chi connectivity index (χ0n) is 12.5. The summed E-state index contributed by atoms with van der Waals surface area (Å²) in [7, 11) is 1.94. The highest BCUT2D eigenvalue weighted by molar-refractivity contribution is 7.99. The molecule has 3 aromatic rings. The van der Waals surface area contributed by atoms with Crippen molar-refractivity contribution in [3.63, 3.8) is 0 Å². The summed E-state index contributed by atoms with van der Waals surface area (Å²) in [6.07, 6.45) is 3.77. The molecular formula is C13H18N6S2. The summed E-state index contributed by atoms with van der Waals surface area (Å²) in [5, 5.41) is 15.5. The first-order chi connectivity index (χ1) is 9.94. The number of imidazole rings is 1. The molecule has 0 aliphatic heterocycles. The van der Waals surface area contributed by atoms with Gasteiger partial charge in [-0.1, -0.05) is 0 Å². The molecule has 0 spiro atoms. The van der Waals surface area contributed by atoms with Gasteiger partial charge in [0.1, 0.15) is 11.4 Å². The number of aromatic nitrogens is 5. The van der Waals surface area contributed by atoms with Gasteiger partial charge >= 0.3 is 0 Å². The van der Waals surface area contributed by atoms with Gasteiger partial charge in [-0.3, -0.25) is 4.40 Å². The Bertz CT molecular complexity index is 748. The van der Waals surface area contributed by atoms with Gasteiger partial charge in [-0.25, -0.2) is 4.98 Å². The number of aryl methyl sites for hydroxylation is 1. The van der Waals surface area contributed by atoms with Crippen molar-refractivity contribution in [3.05, 3.63) is 23.6 Å². The predicted octanol–water partition coefficient (Wildman–Crippen LogP) is 2.56. The fourth-order valence-corrected chi connectivity index (χ4v) is 3.52. The lowest BCUT2D eigenvalue weighted by molar-refractivity contribution is 0.418. The van der Waals surface area contributed by atoms with Crippen LogP contribution in [0.4, 0.5) is 0 Å². The van der Waals surface area contributed by atoms with Crippen LogP contribution < -0.4 is 5.32 Å². The molecule has 0 saturated carbocycles. The van der Waals surface area contributed by atoms with Gasteiger partial charge in [0, 0.05) is 30.7 Å². The molecule has 0 radical (unpaired) electrons. The Morgan fingerprint density at radius 1 is 1.38 bits per heavy atom. The molecule has 0 aliphatic carbocycles. The normalized spacial score (nSPS) is 12.4. The topological polar surface area (TPSA) is 60.0 Å². The molecule has 112 valence electrons. The minimum Gasteiger partial charge on any atom is -0.311 e. The summed E-state index contributed by atoms with van der Waals surface area (Å²) < 4.78 is 4.04. The molecule has 0 saturated heterocycles. The summed E-state index contributed by atoms with van der Waals surface area (Å²) in [6.45, 7) is 7.25. The monoisotopic (exact) mass is 322 g/mol. The summed E-state index contributed by atoms with van der Waals surface area (Å²) in [6, 6.07) is 0. The molecule has 3 aromatic heterocycles. The number of thiazole rings is 1. The van der Waals surface area contributed by atoms with Crippen molar-refractivity contribution in [3.8, 4) is 0 Å². The highest BCUT2D eigenvalue weighted by atomic mass is 32.2. The van der Waals surface area contributed by atoms with Gasteiger partial charge in [0.05, 0.1) is 5.69 Å². The molecular weight excluding hydrogens is 304 g/mol. The maximum Gasteiger partial charge on any atom is 0.197 e. The second-order valence-electron chi connectivity index (χ2n) is 5.85. The van der Waals surface area contributed by atoms with Crippen LogP contribution in [-0.4, -0.2) is 29.7 Å². The van der Waals surface area contributed by atoms with Crippen LogP contribution in [0.5, 0.6) is 0 Å². The van der Waals surface area contributed by atoms with E-state index in [9.17, 15) is 0 Å². The van der Waals surface area contributed by atoms with Crippen LogP contribution in [0, 0.1) is 0 Å². The highest BCUT2D eigenvalue weighted by Crippen LogP contribution is 2.30. The van der Waals surface area contributed by atoms with Gasteiger partial charge < -0.3 is 9.88 Å². The summed E-state index contributed by atoms with van der Waals surface area (Å²) in [4.78, 5) is 5.72. The van der Waals surface area contributed by atoms with Crippen LogP contribution in [0.1, 0.15) is 26.5 Å². The van der Waals surface area contributed by atoms with E-state index in [1.807, 2.05) is 11.6 Å². The highest BCUT2D eigenvalue weighted by Gasteiger charge is 2.18. The molecule has 3 heterocycles. The molecule has 0 aromatic carbocycles. The Balaban J connectivity index is 1.93. The van der Waals surface area contributed by atoms with Crippen LogP contribution in [0.3, 0.4) is 0 Å². The molecule has 0 aliphatic rings. The Labute approximate surface area is 131 Å². The molecule has 3 rings (SSSR count). The maximum atomic E-state index is 4.71. The van der Waals surface area contributed by atoms with Crippen molar-refractivity contribution < 1.29 is 0 Å². The molecule has 6 nitrogen and oxygen atoms in total. The maximum absolute atomic E-state index is 4.71. The summed E-state index contributed by atoms with van der Waals surface area (Å²) >= 11 is 3.19. The molecule has 21 heavy (non-hydrogen) atoms. The van der Waals surface area contributed by atoms with Gasteiger partial charge in [-0.15, -0.1) is 21.5 Å². The van der Waals surface area contributed by atoms with Crippen molar-refractivity contribution in [2.45, 2.75) is 43.0 Å². The largest absolute Gasteiger partial charge is 0.311 e. The summed E-state index contributed by atoms with van der Waals surface area (Å²) in [5.41, 5.74) is 1.22. The molecule has 0 unspecified atom stereocenters. The van der Waals surface area contributed by atoms with Gasteiger partial charge in [-0.05, 0) is 32.5 Å². The van der Waals surface area contributed by atoms with E-state index in [-0.39, 0.29) is 5.54 Å². The third-order valence-electron chi connectivity index (χ3n) is 2.97. The summed E-state index contributed by atoms with van der Waals surface area (Å²) in [5.74, 6) is 0. The van der Waals surface area contributed by atoms with Crippen LogP contribution in [0.15, 0.2) is 28.1 Å². The minimum absolute atomic E-state index is 0.0624. The van der Waals surface area contributed by atoms with E-state index in [1.165, 1.54) is 0 Å². The van der Waals surface area contributed by atoms with Crippen molar-refractivity contribution in [2.75, 3.05) is 0 Å². The number of nitrogens with zero attached hydrogens (tertiary/aromatic N) is 5. The first-order valence-electron chi connectivity index (χ1n) is 6.65. The van der Waals surface area contributed by atoms with E-state index in [2.05, 4.69) is 52.3 Å². The third-order valence-corrected chi connectivity index (χ3v) is 4.80. The third kappa shape index (κ3) is 3.12. The van der Waals surface area contributed by atoms with E-state index >= 15 is 0 Å². The van der Waals surface area contributed by atoms with Crippen LogP contribution in [0.2, 0.25) is 0 Å². The standard InChI is InChI=1S/C13H18N6S2/c1-13(2,3)14-7-9-10(16-11-19(9)5-6-20-11)21-12-17-15-8-18(12)4/h5-6,8,14H,7H2,1-4H3. The van der Waals surface area contributed by atoms with Crippen molar-refractivity contribution in [2.24, 2.45) is 7.05 Å². The SMILES string of the molecule is Cn1cnnc1Sc1nc2sccn2c1CNC(C)(C)C. The molecule has 0 bridgehead atoms. The Hall–Kier alpha value is -1.38. The molecule has 0 atom stereocenters. The lowest BCUT2D eigenvalue weighted by atomic mass is 10.1. The Morgan fingerprint density at radius 3 is 2.86 bits per heavy atom. The fraction of sp³-hybridized carbons (Fsp3) is 0.462. The minimum atomic E-state index is 0.0624. The van der Waals surface area contributed by atoms with Gasteiger partial charge in [0.25, 0.3) is 0 Å². The number of nitrogens with one attached hydrogen (secondary N) is 1. The molecule has 0 fully saturated rings. The quantitative estimate of drug-likeness (QED) is 0.800. The van der Waals surface area contributed by atoms with Crippen LogP contribution in [0.25, 0.3) is 4.96 Å². The van der Waals surface area contributed by atoms with Crippen LogP contribution >= 0.6 is 23.1 Å². The average molecular weight is 322 g/mol. The predicted molar refractivity (Wildman–Crippen MR) is 84.8 cm³/mol.